The number of aliphatic hydroxyl groups is 1. The summed E-state index contributed by atoms with van der Waals surface area (Å²) in [4.78, 5) is 0. The Kier molecular flexibility index (Phi) is 35.8. The molecule has 0 spiro atoms. The number of hydrogen-bond donors (Lipinski definition) is 2. The van der Waals surface area contributed by atoms with Gasteiger partial charge in [-0.15, -0.1) is 17.0 Å². The summed E-state index contributed by atoms with van der Waals surface area (Å²) < 4.78 is 0. The topological polar surface area (TPSA) is 46.2 Å². The van der Waals surface area contributed by atoms with E-state index in [0.29, 0.717) is 0 Å². The Morgan fingerprint density at radius 1 is 0.524 bits per heavy atom. The molecule has 0 amide bonds. The first-order valence-electron chi connectivity index (χ1n) is 9.06. The molecule has 0 aromatic heterocycles. The molecule has 21 heavy (non-hydrogen) atoms. The molecule has 132 valence electrons. The van der Waals surface area contributed by atoms with Crippen LogP contribution in [0, 0.1) is 0 Å². The van der Waals surface area contributed by atoms with Gasteiger partial charge in [0.25, 0.3) is 0 Å². The zero-order valence-corrected chi connectivity index (χ0v) is 16.5. The molecule has 0 atom stereocenters. The molecule has 0 fully saturated rings. The number of nitrogens with two attached hydrogens (primary N) is 1. The molecule has 3 N–H and O–H groups in total. The molecule has 0 aliphatic heterocycles. The van der Waals surface area contributed by atoms with Gasteiger partial charge in [-0.3, -0.25) is 0 Å². The Morgan fingerprint density at radius 2 is 0.762 bits per heavy atom. The molecule has 0 aromatic rings. The summed E-state index contributed by atoms with van der Waals surface area (Å²) in [5.41, 5.74) is 5.48. The van der Waals surface area contributed by atoms with E-state index in [1.165, 1.54) is 96.3 Å². The Morgan fingerprint density at radius 3 is 1.00 bits per heavy atom. The third-order valence-corrected chi connectivity index (χ3v) is 3.81. The second-order valence-electron chi connectivity index (χ2n) is 5.74. The molecule has 0 saturated heterocycles. The predicted octanol–water partition coefficient (Wildman–Crippen LogP) is 6.00. The summed E-state index contributed by atoms with van der Waals surface area (Å²) in [6, 6.07) is 0. The fourth-order valence-corrected chi connectivity index (χ4v) is 2.52. The standard InChI is InChI=1S/C17H37N.CH4O.BrH/c1-2-3-4-5-6-7-8-9-10-11-12-13-14-15-16-17-18;1-2;/h2-18H2,1H3;2H,1H3;1H. The van der Waals surface area contributed by atoms with Crippen molar-refractivity contribution in [3.8, 4) is 0 Å². The second-order valence-corrected chi connectivity index (χ2v) is 5.74. The molecule has 0 aliphatic carbocycles. The second kappa shape index (κ2) is 28.5. The summed E-state index contributed by atoms with van der Waals surface area (Å²) in [5, 5.41) is 7.00. The van der Waals surface area contributed by atoms with Crippen molar-refractivity contribution in [3.63, 3.8) is 0 Å². The first kappa shape index (κ1) is 26.3. The lowest BCUT2D eigenvalue weighted by Crippen LogP contribution is -1.97. The van der Waals surface area contributed by atoms with Gasteiger partial charge in [0.1, 0.15) is 0 Å². The first-order chi connectivity index (χ1) is 9.91. The fourth-order valence-electron chi connectivity index (χ4n) is 2.52. The monoisotopic (exact) mass is 367 g/mol. The van der Waals surface area contributed by atoms with E-state index in [4.69, 9.17) is 10.8 Å². The molecule has 3 heteroatoms. The average Bonchev–Trinajstić information content (AvgIpc) is 2.50. The van der Waals surface area contributed by atoms with Crippen molar-refractivity contribution in [3.05, 3.63) is 0 Å². The molecular weight excluding hydrogens is 326 g/mol. The molecule has 0 saturated carbocycles. The van der Waals surface area contributed by atoms with E-state index in [9.17, 15) is 0 Å². The van der Waals surface area contributed by atoms with Crippen molar-refractivity contribution in [2.45, 2.75) is 103 Å². The maximum atomic E-state index is 7.00. The lowest BCUT2D eigenvalue weighted by Gasteiger charge is -2.03. The minimum absolute atomic E-state index is 0. The van der Waals surface area contributed by atoms with Gasteiger partial charge in [-0.05, 0) is 13.0 Å². The van der Waals surface area contributed by atoms with Gasteiger partial charge in [-0.2, -0.15) is 0 Å². The van der Waals surface area contributed by atoms with Gasteiger partial charge in [0, 0.05) is 7.11 Å². The van der Waals surface area contributed by atoms with Gasteiger partial charge in [-0.25, -0.2) is 0 Å². The fraction of sp³-hybridized carbons (Fsp3) is 1.00. The van der Waals surface area contributed by atoms with Gasteiger partial charge < -0.3 is 10.8 Å². The highest BCUT2D eigenvalue weighted by Gasteiger charge is 1.93. The van der Waals surface area contributed by atoms with Crippen molar-refractivity contribution in [2.24, 2.45) is 5.73 Å². The quantitative estimate of drug-likeness (QED) is 0.348. The van der Waals surface area contributed by atoms with E-state index in [2.05, 4.69) is 6.92 Å². The number of aliphatic hydroxyl groups excluding tert-OH is 1. The van der Waals surface area contributed by atoms with Crippen LogP contribution in [0.1, 0.15) is 103 Å². The minimum Gasteiger partial charge on any atom is -0.400 e. The van der Waals surface area contributed by atoms with Crippen LogP contribution in [0.3, 0.4) is 0 Å². The van der Waals surface area contributed by atoms with Gasteiger partial charge in [-0.1, -0.05) is 96.8 Å². The van der Waals surface area contributed by atoms with Gasteiger partial charge in [0.2, 0.25) is 0 Å². The SMILES string of the molecule is Br.CCCCCCCCCCCCCCCCCN.CO. The highest BCUT2D eigenvalue weighted by atomic mass is 79.9. The van der Waals surface area contributed by atoms with Gasteiger partial charge in [0.05, 0.1) is 0 Å². The van der Waals surface area contributed by atoms with Crippen molar-refractivity contribution >= 4 is 17.0 Å². The van der Waals surface area contributed by atoms with Crippen LogP contribution in [0.15, 0.2) is 0 Å². The Labute approximate surface area is 145 Å². The maximum absolute atomic E-state index is 7.00. The van der Waals surface area contributed by atoms with Crippen molar-refractivity contribution in [1.82, 2.24) is 0 Å². The van der Waals surface area contributed by atoms with Crippen LogP contribution >= 0.6 is 17.0 Å². The number of rotatable bonds is 15. The van der Waals surface area contributed by atoms with Crippen LogP contribution in [-0.4, -0.2) is 18.8 Å². The van der Waals surface area contributed by atoms with Crippen LogP contribution in [0.4, 0.5) is 0 Å². The Hall–Kier alpha value is 0.400. The highest BCUT2D eigenvalue weighted by Crippen LogP contribution is 2.13. The summed E-state index contributed by atoms with van der Waals surface area (Å²) in [5.74, 6) is 0. The molecule has 0 radical (unpaired) electrons. The lowest BCUT2D eigenvalue weighted by molar-refractivity contribution is 0.399. The third-order valence-electron chi connectivity index (χ3n) is 3.81. The van der Waals surface area contributed by atoms with Gasteiger partial charge in [0.15, 0.2) is 0 Å². The number of unbranched alkanes of at least 4 members (excludes halogenated alkanes) is 14. The van der Waals surface area contributed by atoms with E-state index in [0.717, 1.165) is 13.7 Å². The van der Waals surface area contributed by atoms with Crippen LogP contribution in [0.5, 0.6) is 0 Å². The zero-order valence-electron chi connectivity index (χ0n) is 14.7. The molecule has 0 bridgehead atoms. The molecule has 0 aromatic carbocycles. The molecule has 2 nitrogen and oxygen atoms in total. The molecular formula is C18H42BrNO. The lowest BCUT2D eigenvalue weighted by atomic mass is 10.0. The highest BCUT2D eigenvalue weighted by molar-refractivity contribution is 8.93. The zero-order chi connectivity index (χ0) is 15.3. The van der Waals surface area contributed by atoms with Crippen LogP contribution in [-0.2, 0) is 0 Å². The maximum Gasteiger partial charge on any atom is 0.0319 e. The molecule has 0 unspecified atom stereocenters. The van der Waals surface area contributed by atoms with Crippen molar-refractivity contribution < 1.29 is 5.11 Å². The molecule has 0 heterocycles. The molecule has 0 rings (SSSR count). The number of hydrogen-bond acceptors (Lipinski definition) is 2. The number of halogens is 1. The normalized spacial score (nSPS) is 9.71. The van der Waals surface area contributed by atoms with E-state index in [-0.39, 0.29) is 17.0 Å². The van der Waals surface area contributed by atoms with Crippen LogP contribution < -0.4 is 5.73 Å². The smallest absolute Gasteiger partial charge is 0.0319 e. The Bertz CT molecular complexity index is 129. The Balaban J connectivity index is -0.00000103. The summed E-state index contributed by atoms with van der Waals surface area (Å²) in [6.45, 7) is 3.16. The largest absolute Gasteiger partial charge is 0.400 e. The van der Waals surface area contributed by atoms with Crippen LogP contribution in [0.25, 0.3) is 0 Å². The predicted molar refractivity (Wildman–Crippen MR) is 102 cm³/mol. The van der Waals surface area contributed by atoms with E-state index >= 15 is 0 Å². The van der Waals surface area contributed by atoms with Crippen molar-refractivity contribution in [2.75, 3.05) is 13.7 Å². The minimum atomic E-state index is 0. The molecule has 0 aliphatic rings. The van der Waals surface area contributed by atoms with Crippen molar-refractivity contribution in [1.29, 1.82) is 0 Å². The van der Waals surface area contributed by atoms with Crippen LogP contribution in [0.2, 0.25) is 0 Å². The van der Waals surface area contributed by atoms with E-state index in [1.807, 2.05) is 0 Å². The van der Waals surface area contributed by atoms with E-state index in [1.54, 1.807) is 0 Å². The summed E-state index contributed by atoms with van der Waals surface area (Å²) in [7, 11) is 1.00. The third kappa shape index (κ3) is 29.1. The summed E-state index contributed by atoms with van der Waals surface area (Å²) in [6.07, 6.45) is 21.4. The summed E-state index contributed by atoms with van der Waals surface area (Å²) >= 11 is 0. The first-order valence-corrected chi connectivity index (χ1v) is 9.06. The van der Waals surface area contributed by atoms with E-state index < -0.39 is 0 Å². The van der Waals surface area contributed by atoms with Gasteiger partial charge >= 0.3 is 0 Å². The average molecular weight is 368 g/mol.